The SMILES string of the molecule is CCC(CN)C(=O)N1CCn2c(C)ccc2C1C. The van der Waals surface area contributed by atoms with E-state index in [0.717, 1.165) is 19.5 Å². The van der Waals surface area contributed by atoms with Gasteiger partial charge in [-0.25, -0.2) is 0 Å². The number of carbonyl (C=O) groups is 1. The van der Waals surface area contributed by atoms with Crippen LogP contribution in [0, 0.1) is 12.8 Å². The number of hydrogen-bond acceptors (Lipinski definition) is 2. The number of aromatic nitrogens is 1. The molecule has 2 atom stereocenters. The molecule has 2 unspecified atom stereocenters. The average Bonchev–Trinajstić information content (AvgIpc) is 2.74. The van der Waals surface area contributed by atoms with Crippen LogP contribution in [0.3, 0.4) is 0 Å². The minimum absolute atomic E-state index is 0.0324. The van der Waals surface area contributed by atoms with Gasteiger partial charge in [-0.3, -0.25) is 4.79 Å². The second-order valence-corrected chi connectivity index (χ2v) is 5.10. The monoisotopic (exact) mass is 249 g/mol. The van der Waals surface area contributed by atoms with Crippen molar-refractivity contribution in [1.29, 1.82) is 0 Å². The lowest BCUT2D eigenvalue weighted by Crippen LogP contribution is -2.45. The van der Waals surface area contributed by atoms with Crippen LogP contribution in [0.4, 0.5) is 0 Å². The Labute approximate surface area is 109 Å². The predicted octanol–water partition coefficient (Wildman–Crippen LogP) is 1.68. The predicted molar refractivity (Wildman–Crippen MR) is 72.1 cm³/mol. The Balaban J connectivity index is 2.21. The first-order valence-electron chi connectivity index (χ1n) is 6.76. The van der Waals surface area contributed by atoms with Gasteiger partial charge in [0.2, 0.25) is 5.91 Å². The second-order valence-electron chi connectivity index (χ2n) is 5.10. The zero-order valence-electron chi connectivity index (χ0n) is 11.5. The van der Waals surface area contributed by atoms with Gasteiger partial charge in [-0.2, -0.15) is 0 Å². The largest absolute Gasteiger partial charge is 0.345 e. The molecule has 0 spiro atoms. The van der Waals surface area contributed by atoms with Crippen molar-refractivity contribution in [3.63, 3.8) is 0 Å². The van der Waals surface area contributed by atoms with Gasteiger partial charge in [-0.05, 0) is 32.4 Å². The van der Waals surface area contributed by atoms with Crippen molar-refractivity contribution in [3.8, 4) is 0 Å². The third kappa shape index (κ3) is 2.05. The van der Waals surface area contributed by atoms with Gasteiger partial charge in [-0.15, -0.1) is 0 Å². The molecule has 100 valence electrons. The van der Waals surface area contributed by atoms with Gasteiger partial charge in [0.25, 0.3) is 0 Å². The fourth-order valence-electron chi connectivity index (χ4n) is 2.80. The topological polar surface area (TPSA) is 51.3 Å². The molecule has 2 N–H and O–H groups in total. The molecule has 1 aliphatic heterocycles. The Morgan fingerprint density at radius 1 is 1.50 bits per heavy atom. The number of carbonyl (C=O) groups excluding carboxylic acids is 1. The molecular weight excluding hydrogens is 226 g/mol. The quantitative estimate of drug-likeness (QED) is 0.886. The van der Waals surface area contributed by atoms with E-state index in [-0.39, 0.29) is 17.9 Å². The van der Waals surface area contributed by atoms with Crippen molar-refractivity contribution in [2.75, 3.05) is 13.1 Å². The van der Waals surface area contributed by atoms with Crippen LogP contribution in [-0.4, -0.2) is 28.5 Å². The molecule has 0 saturated heterocycles. The minimum atomic E-state index is -0.0324. The molecular formula is C14H23N3O. The van der Waals surface area contributed by atoms with Crippen LogP contribution in [0.5, 0.6) is 0 Å². The molecule has 0 bridgehead atoms. The normalized spacial score (nSPS) is 20.7. The Kier molecular flexibility index (Phi) is 3.76. The van der Waals surface area contributed by atoms with E-state index in [0.29, 0.717) is 6.54 Å². The first-order chi connectivity index (χ1) is 8.60. The van der Waals surface area contributed by atoms with Gasteiger partial charge in [-0.1, -0.05) is 6.92 Å². The number of nitrogens with two attached hydrogens (primary N) is 1. The zero-order chi connectivity index (χ0) is 13.3. The Morgan fingerprint density at radius 3 is 2.83 bits per heavy atom. The van der Waals surface area contributed by atoms with Crippen molar-refractivity contribution in [3.05, 3.63) is 23.5 Å². The van der Waals surface area contributed by atoms with Gasteiger partial charge < -0.3 is 15.2 Å². The molecule has 0 fully saturated rings. The summed E-state index contributed by atoms with van der Waals surface area (Å²) in [6, 6.07) is 4.41. The van der Waals surface area contributed by atoms with Crippen molar-refractivity contribution in [2.24, 2.45) is 11.7 Å². The van der Waals surface area contributed by atoms with E-state index in [1.165, 1.54) is 11.4 Å². The van der Waals surface area contributed by atoms with E-state index in [9.17, 15) is 4.79 Å². The summed E-state index contributed by atoms with van der Waals surface area (Å²) in [6.07, 6.45) is 0.818. The molecule has 2 heterocycles. The lowest BCUT2D eigenvalue weighted by molar-refractivity contribution is -0.138. The number of amides is 1. The van der Waals surface area contributed by atoms with E-state index in [4.69, 9.17) is 5.73 Å². The highest BCUT2D eigenvalue weighted by atomic mass is 16.2. The van der Waals surface area contributed by atoms with Crippen LogP contribution in [0.1, 0.15) is 37.7 Å². The van der Waals surface area contributed by atoms with Crippen LogP contribution in [0.2, 0.25) is 0 Å². The highest BCUT2D eigenvalue weighted by molar-refractivity contribution is 5.79. The summed E-state index contributed by atoms with van der Waals surface area (Å²) in [4.78, 5) is 14.4. The standard InChI is InChI=1S/C14H23N3O/c1-4-12(9-15)14(18)17-8-7-16-10(2)5-6-13(16)11(17)3/h5-6,11-12H,4,7-9,15H2,1-3H3. The molecule has 1 aromatic rings. The fourth-order valence-corrected chi connectivity index (χ4v) is 2.80. The molecule has 2 rings (SSSR count). The fraction of sp³-hybridized carbons (Fsp3) is 0.643. The molecule has 1 aromatic heterocycles. The van der Waals surface area contributed by atoms with Gasteiger partial charge in [0.1, 0.15) is 0 Å². The van der Waals surface area contributed by atoms with Crippen LogP contribution < -0.4 is 5.73 Å². The maximum atomic E-state index is 12.4. The molecule has 1 amide bonds. The molecule has 0 aliphatic carbocycles. The summed E-state index contributed by atoms with van der Waals surface area (Å²) in [5, 5.41) is 0. The molecule has 4 heteroatoms. The first kappa shape index (κ1) is 13.1. The van der Waals surface area contributed by atoms with Crippen molar-refractivity contribution < 1.29 is 4.79 Å². The van der Waals surface area contributed by atoms with Gasteiger partial charge in [0, 0.05) is 31.0 Å². The van der Waals surface area contributed by atoms with E-state index in [1.54, 1.807) is 0 Å². The average molecular weight is 249 g/mol. The molecule has 0 radical (unpaired) electrons. The summed E-state index contributed by atoms with van der Waals surface area (Å²) < 4.78 is 2.30. The van der Waals surface area contributed by atoms with Crippen LogP contribution in [0.25, 0.3) is 0 Å². The summed E-state index contributed by atoms with van der Waals surface area (Å²) in [5.41, 5.74) is 8.19. The van der Waals surface area contributed by atoms with Gasteiger partial charge >= 0.3 is 0 Å². The smallest absolute Gasteiger partial charge is 0.227 e. The Hall–Kier alpha value is -1.29. The van der Waals surface area contributed by atoms with Crippen LogP contribution in [0.15, 0.2) is 12.1 Å². The maximum absolute atomic E-state index is 12.4. The third-order valence-electron chi connectivity index (χ3n) is 4.10. The lowest BCUT2D eigenvalue weighted by Gasteiger charge is -2.37. The number of fused-ring (bicyclic) bond motifs is 1. The summed E-state index contributed by atoms with van der Waals surface area (Å²) >= 11 is 0. The summed E-state index contributed by atoms with van der Waals surface area (Å²) in [7, 11) is 0. The van der Waals surface area contributed by atoms with Gasteiger partial charge in [0.15, 0.2) is 0 Å². The van der Waals surface area contributed by atoms with Crippen molar-refractivity contribution in [2.45, 2.75) is 39.8 Å². The maximum Gasteiger partial charge on any atom is 0.227 e. The Morgan fingerprint density at radius 2 is 2.22 bits per heavy atom. The molecule has 0 aromatic carbocycles. The summed E-state index contributed by atoms with van der Waals surface area (Å²) in [6.45, 7) is 8.37. The van der Waals surface area contributed by atoms with E-state index < -0.39 is 0 Å². The lowest BCUT2D eigenvalue weighted by atomic mass is 10.0. The molecule has 0 saturated carbocycles. The third-order valence-corrected chi connectivity index (χ3v) is 4.10. The number of rotatable bonds is 3. The zero-order valence-corrected chi connectivity index (χ0v) is 11.5. The number of hydrogen-bond donors (Lipinski definition) is 1. The van der Waals surface area contributed by atoms with E-state index in [1.807, 2.05) is 11.8 Å². The highest BCUT2D eigenvalue weighted by Gasteiger charge is 2.31. The first-order valence-corrected chi connectivity index (χ1v) is 6.76. The summed E-state index contributed by atoms with van der Waals surface area (Å²) in [5.74, 6) is 0.174. The molecule has 1 aliphatic rings. The number of aryl methyl sites for hydroxylation is 1. The van der Waals surface area contributed by atoms with Crippen LogP contribution >= 0.6 is 0 Å². The van der Waals surface area contributed by atoms with E-state index >= 15 is 0 Å². The minimum Gasteiger partial charge on any atom is -0.345 e. The van der Waals surface area contributed by atoms with E-state index in [2.05, 4.69) is 30.5 Å². The number of nitrogens with zero attached hydrogens (tertiary/aromatic N) is 2. The Bertz CT molecular complexity index is 434. The van der Waals surface area contributed by atoms with Gasteiger partial charge in [0.05, 0.1) is 12.0 Å². The highest BCUT2D eigenvalue weighted by Crippen LogP contribution is 2.28. The molecule has 18 heavy (non-hydrogen) atoms. The van der Waals surface area contributed by atoms with Crippen molar-refractivity contribution in [1.82, 2.24) is 9.47 Å². The molecule has 4 nitrogen and oxygen atoms in total. The van der Waals surface area contributed by atoms with Crippen LogP contribution in [-0.2, 0) is 11.3 Å². The van der Waals surface area contributed by atoms with Crippen molar-refractivity contribution >= 4 is 5.91 Å². The second kappa shape index (κ2) is 5.14.